The molecule has 1 amide bonds. The molecule has 6 heteroatoms. The van der Waals surface area contributed by atoms with E-state index in [0.717, 1.165) is 23.5 Å². The number of piperidine rings is 1. The molecule has 1 heterocycles. The zero-order valence-corrected chi connectivity index (χ0v) is 14.2. The van der Waals surface area contributed by atoms with E-state index in [1.807, 2.05) is 36.1 Å². The van der Waals surface area contributed by atoms with Gasteiger partial charge in [0.1, 0.15) is 5.75 Å². The molecule has 0 radical (unpaired) electrons. The summed E-state index contributed by atoms with van der Waals surface area (Å²) in [5.74, 6) is 0.829. The number of amides is 1. The summed E-state index contributed by atoms with van der Waals surface area (Å²) in [5.41, 5.74) is 0. The molecule has 0 bridgehead atoms. The van der Waals surface area contributed by atoms with Gasteiger partial charge in [0.05, 0.1) is 12.4 Å². The predicted octanol–water partition coefficient (Wildman–Crippen LogP) is 2.89. The molecule has 1 N–H and O–H groups in total. The molecule has 126 valence electrons. The Morgan fingerprint density at radius 3 is 2.48 bits per heavy atom. The Kier molecular flexibility index (Phi) is 6.77. The minimum Gasteiger partial charge on any atom is -0.494 e. The maximum absolute atomic E-state index is 12.2. The van der Waals surface area contributed by atoms with Gasteiger partial charge in [-0.15, -0.1) is 11.8 Å². The quantitative estimate of drug-likeness (QED) is 0.775. The second-order valence-corrected chi connectivity index (χ2v) is 6.66. The zero-order valence-electron chi connectivity index (χ0n) is 13.4. The third-order valence-corrected chi connectivity index (χ3v) is 4.92. The van der Waals surface area contributed by atoms with Crippen LogP contribution >= 0.6 is 11.8 Å². The average Bonchev–Trinajstić information content (AvgIpc) is 2.54. The molecule has 2 rings (SSSR count). The molecular weight excluding hydrogens is 314 g/mol. The summed E-state index contributed by atoms with van der Waals surface area (Å²) >= 11 is 1.52. The fourth-order valence-electron chi connectivity index (χ4n) is 2.67. The molecule has 0 saturated carbocycles. The molecule has 0 aliphatic carbocycles. The van der Waals surface area contributed by atoms with Gasteiger partial charge in [-0.3, -0.25) is 9.59 Å². The van der Waals surface area contributed by atoms with Crippen molar-refractivity contribution in [3.8, 4) is 5.75 Å². The Labute approximate surface area is 141 Å². The van der Waals surface area contributed by atoms with E-state index in [1.54, 1.807) is 0 Å². The second kappa shape index (κ2) is 8.82. The highest BCUT2D eigenvalue weighted by molar-refractivity contribution is 8.00. The SMILES string of the molecule is CCOc1ccc(SCC(=O)N2CCC(CC(=O)O)CC2)cc1. The van der Waals surface area contributed by atoms with Crippen LogP contribution in [0.3, 0.4) is 0 Å². The van der Waals surface area contributed by atoms with Crippen LogP contribution in [0.4, 0.5) is 0 Å². The number of carbonyl (C=O) groups excluding carboxylic acids is 1. The van der Waals surface area contributed by atoms with Crippen LogP contribution in [0.15, 0.2) is 29.2 Å². The van der Waals surface area contributed by atoms with Gasteiger partial charge in [-0.1, -0.05) is 0 Å². The molecule has 1 aliphatic rings. The molecule has 23 heavy (non-hydrogen) atoms. The van der Waals surface area contributed by atoms with Crippen LogP contribution in [-0.2, 0) is 9.59 Å². The Hall–Kier alpha value is -1.69. The van der Waals surface area contributed by atoms with Crippen molar-refractivity contribution < 1.29 is 19.4 Å². The highest BCUT2D eigenvalue weighted by Crippen LogP contribution is 2.24. The highest BCUT2D eigenvalue weighted by Gasteiger charge is 2.24. The molecule has 0 spiro atoms. The normalized spacial score (nSPS) is 15.4. The molecular formula is C17H23NO4S. The number of carbonyl (C=O) groups is 2. The van der Waals surface area contributed by atoms with Gasteiger partial charge >= 0.3 is 5.97 Å². The molecule has 1 fully saturated rings. The van der Waals surface area contributed by atoms with E-state index in [-0.39, 0.29) is 18.2 Å². The average molecular weight is 337 g/mol. The molecule has 1 aromatic rings. The van der Waals surface area contributed by atoms with Gasteiger partial charge < -0.3 is 14.7 Å². The largest absolute Gasteiger partial charge is 0.494 e. The van der Waals surface area contributed by atoms with E-state index in [0.29, 0.717) is 25.4 Å². The lowest BCUT2D eigenvalue weighted by Crippen LogP contribution is -2.39. The summed E-state index contributed by atoms with van der Waals surface area (Å²) in [7, 11) is 0. The lowest BCUT2D eigenvalue weighted by atomic mass is 9.94. The highest BCUT2D eigenvalue weighted by atomic mass is 32.2. The number of ether oxygens (including phenoxy) is 1. The molecule has 1 aromatic carbocycles. The van der Waals surface area contributed by atoms with E-state index in [4.69, 9.17) is 9.84 Å². The van der Waals surface area contributed by atoms with Crippen molar-refractivity contribution in [3.63, 3.8) is 0 Å². The van der Waals surface area contributed by atoms with E-state index < -0.39 is 5.97 Å². The zero-order chi connectivity index (χ0) is 16.7. The first kappa shape index (κ1) is 17.7. The predicted molar refractivity (Wildman–Crippen MR) is 89.9 cm³/mol. The van der Waals surface area contributed by atoms with Crippen molar-refractivity contribution in [2.24, 2.45) is 5.92 Å². The van der Waals surface area contributed by atoms with Crippen molar-refractivity contribution in [1.29, 1.82) is 0 Å². The number of hydrogen-bond acceptors (Lipinski definition) is 4. The van der Waals surface area contributed by atoms with Crippen molar-refractivity contribution in [1.82, 2.24) is 4.90 Å². The van der Waals surface area contributed by atoms with Crippen LogP contribution in [0.5, 0.6) is 5.75 Å². The first-order valence-electron chi connectivity index (χ1n) is 7.93. The van der Waals surface area contributed by atoms with Crippen LogP contribution < -0.4 is 4.74 Å². The monoisotopic (exact) mass is 337 g/mol. The molecule has 1 aliphatic heterocycles. The number of thioether (sulfide) groups is 1. The lowest BCUT2D eigenvalue weighted by Gasteiger charge is -2.31. The topological polar surface area (TPSA) is 66.8 Å². The smallest absolute Gasteiger partial charge is 0.303 e. The van der Waals surface area contributed by atoms with Crippen molar-refractivity contribution in [2.45, 2.75) is 31.1 Å². The van der Waals surface area contributed by atoms with E-state index in [9.17, 15) is 9.59 Å². The molecule has 0 atom stereocenters. The minimum atomic E-state index is -0.749. The lowest BCUT2D eigenvalue weighted by molar-refractivity contribution is -0.138. The second-order valence-electron chi connectivity index (χ2n) is 5.62. The summed E-state index contributed by atoms with van der Waals surface area (Å²) in [4.78, 5) is 25.8. The van der Waals surface area contributed by atoms with E-state index in [1.165, 1.54) is 11.8 Å². The summed E-state index contributed by atoms with van der Waals surface area (Å²) in [5, 5.41) is 8.81. The van der Waals surface area contributed by atoms with Crippen molar-refractivity contribution >= 4 is 23.6 Å². The Morgan fingerprint density at radius 1 is 1.26 bits per heavy atom. The van der Waals surface area contributed by atoms with Gasteiger partial charge in [0, 0.05) is 24.4 Å². The number of benzene rings is 1. The van der Waals surface area contributed by atoms with Crippen LogP contribution in [0.25, 0.3) is 0 Å². The third-order valence-electron chi connectivity index (χ3n) is 3.93. The number of nitrogens with zero attached hydrogens (tertiary/aromatic N) is 1. The van der Waals surface area contributed by atoms with Gasteiger partial charge in [-0.05, 0) is 49.9 Å². The molecule has 0 unspecified atom stereocenters. The number of hydrogen-bond donors (Lipinski definition) is 1. The summed E-state index contributed by atoms with van der Waals surface area (Å²) in [6.07, 6.45) is 1.78. The van der Waals surface area contributed by atoms with Crippen molar-refractivity contribution in [3.05, 3.63) is 24.3 Å². The van der Waals surface area contributed by atoms with E-state index >= 15 is 0 Å². The van der Waals surface area contributed by atoms with Crippen molar-refractivity contribution in [2.75, 3.05) is 25.4 Å². The molecule has 0 aromatic heterocycles. The number of carboxylic acids is 1. The number of carboxylic acid groups (broad SMARTS) is 1. The minimum absolute atomic E-state index is 0.123. The van der Waals surface area contributed by atoms with Gasteiger partial charge in [-0.25, -0.2) is 0 Å². The summed E-state index contributed by atoms with van der Waals surface area (Å²) < 4.78 is 5.39. The summed E-state index contributed by atoms with van der Waals surface area (Å²) in [6, 6.07) is 7.74. The summed E-state index contributed by atoms with van der Waals surface area (Å²) in [6.45, 7) is 3.92. The standard InChI is InChI=1S/C17H23NO4S/c1-2-22-14-3-5-15(6-4-14)23-12-16(19)18-9-7-13(8-10-18)11-17(20)21/h3-6,13H,2,7-12H2,1H3,(H,20,21). The van der Waals surface area contributed by atoms with Gasteiger partial charge in [0.15, 0.2) is 0 Å². The number of rotatable bonds is 7. The van der Waals surface area contributed by atoms with Gasteiger partial charge in [0.25, 0.3) is 0 Å². The number of likely N-dealkylation sites (tertiary alicyclic amines) is 1. The van der Waals surface area contributed by atoms with Crippen LogP contribution in [0.1, 0.15) is 26.2 Å². The van der Waals surface area contributed by atoms with Crippen LogP contribution in [0, 0.1) is 5.92 Å². The Bertz CT molecular complexity index is 524. The van der Waals surface area contributed by atoms with Crippen LogP contribution in [0.2, 0.25) is 0 Å². The third kappa shape index (κ3) is 5.78. The number of aliphatic carboxylic acids is 1. The molecule has 5 nitrogen and oxygen atoms in total. The maximum atomic E-state index is 12.2. The first-order valence-corrected chi connectivity index (χ1v) is 8.92. The van der Waals surface area contributed by atoms with Crippen LogP contribution in [-0.4, -0.2) is 47.3 Å². The van der Waals surface area contributed by atoms with Gasteiger partial charge in [-0.2, -0.15) is 0 Å². The van der Waals surface area contributed by atoms with Gasteiger partial charge in [0.2, 0.25) is 5.91 Å². The molecule has 1 saturated heterocycles. The fourth-order valence-corrected chi connectivity index (χ4v) is 3.47. The fraction of sp³-hybridized carbons (Fsp3) is 0.529. The Morgan fingerprint density at radius 2 is 1.91 bits per heavy atom. The Balaban J connectivity index is 1.74. The first-order chi connectivity index (χ1) is 11.1. The van der Waals surface area contributed by atoms with E-state index in [2.05, 4.69) is 0 Å². The maximum Gasteiger partial charge on any atom is 0.303 e.